The predicted octanol–water partition coefficient (Wildman–Crippen LogP) is 4.01. The fourth-order valence-corrected chi connectivity index (χ4v) is 3.40. The first-order chi connectivity index (χ1) is 18.3. The van der Waals surface area contributed by atoms with Gasteiger partial charge in [-0.1, -0.05) is 60.7 Å². The molecule has 11 heteroatoms. The number of nitro benzene ring substituents is 1. The number of non-ortho nitro benzene ring substituents is 1. The van der Waals surface area contributed by atoms with Gasteiger partial charge in [0, 0.05) is 18.6 Å². The summed E-state index contributed by atoms with van der Waals surface area (Å²) < 4.78 is 15.7. The zero-order valence-corrected chi connectivity index (χ0v) is 20.8. The van der Waals surface area contributed by atoms with E-state index in [4.69, 9.17) is 14.2 Å². The van der Waals surface area contributed by atoms with Crippen molar-refractivity contribution in [3.63, 3.8) is 0 Å². The highest BCUT2D eigenvalue weighted by atomic mass is 16.6. The van der Waals surface area contributed by atoms with Gasteiger partial charge in [0.15, 0.2) is 6.10 Å². The molecule has 38 heavy (non-hydrogen) atoms. The lowest BCUT2D eigenvalue weighted by Crippen LogP contribution is -2.45. The Bertz CT molecular complexity index is 1270. The van der Waals surface area contributed by atoms with E-state index in [2.05, 4.69) is 10.6 Å². The van der Waals surface area contributed by atoms with Gasteiger partial charge < -0.3 is 24.8 Å². The third-order valence-corrected chi connectivity index (χ3v) is 5.39. The van der Waals surface area contributed by atoms with Crippen molar-refractivity contribution >= 4 is 29.3 Å². The first kappa shape index (κ1) is 27.7. The van der Waals surface area contributed by atoms with E-state index in [0.717, 1.165) is 17.2 Å². The van der Waals surface area contributed by atoms with Crippen LogP contribution in [0.25, 0.3) is 0 Å². The number of nitrogens with zero attached hydrogens (tertiary/aromatic N) is 1. The van der Waals surface area contributed by atoms with Crippen LogP contribution in [-0.4, -0.2) is 42.1 Å². The molecule has 3 aromatic carbocycles. The molecule has 0 bridgehead atoms. The average molecular weight is 522 g/mol. The fourth-order valence-electron chi connectivity index (χ4n) is 3.40. The summed E-state index contributed by atoms with van der Waals surface area (Å²) in [6.07, 6.45) is -2.04. The lowest BCUT2D eigenvalue weighted by Gasteiger charge is -2.21. The van der Waals surface area contributed by atoms with Crippen LogP contribution < -0.4 is 15.4 Å². The minimum Gasteiger partial charge on any atom is -0.495 e. The largest absolute Gasteiger partial charge is 0.495 e. The Morgan fingerprint density at radius 3 is 2.18 bits per heavy atom. The van der Waals surface area contributed by atoms with Gasteiger partial charge in [-0.25, -0.2) is 9.59 Å². The van der Waals surface area contributed by atoms with E-state index < -0.39 is 35.0 Å². The molecule has 2 amide bonds. The van der Waals surface area contributed by atoms with Crippen LogP contribution in [0, 0.1) is 10.1 Å². The summed E-state index contributed by atoms with van der Waals surface area (Å²) in [4.78, 5) is 48.7. The molecule has 198 valence electrons. The van der Waals surface area contributed by atoms with Crippen LogP contribution in [0.2, 0.25) is 0 Å². The number of anilines is 1. The van der Waals surface area contributed by atoms with Gasteiger partial charge >= 0.3 is 12.1 Å². The maximum absolute atomic E-state index is 13.0. The summed E-state index contributed by atoms with van der Waals surface area (Å²) in [5, 5.41) is 16.1. The normalized spacial score (nSPS) is 11.9. The van der Waals surface area contributed by atoms with Crippen LogP contribution >= 0.6 is 0 Å². The Labute approximate surface area is 218 Å². The van der Waals surface area contributed by atoms with Crippen molar-refractivity contribution in [1.29, 1.82) is 0 Å². The summed E-state index contributed by atoms with van der Waals surface area (Å²) >= 11 is 0. The third-order valence-electron chi connectivity index (χ3n) is 5.39. The van der Waals surface area contributed by atoms with Crippen molar-refractivity contribution in [2.75, 3.05) is 12.4 Å². The van der Waals surface area contributed by atoms with Gasteiger partial charge in [-0.3, -0.25) is 14.9 Å². The standard InChI is InChI=1S/C27H27N3O8/c1-18(25(31)28-22-16-21(30(34)35)13-14-24(22)36-2)38-26(32)23(15-19-9-5-3-6-10-19)29-27(33)37-17-20-11-7-4-8-12-20/h3-14,16,18,23H,15,17H2,1-2H3,(H,28,31)(H,29,33)/t18?,23-/m0/s1. The summed E-state index contributed by atoms with van der Waals surface area (Å²) in [5.41, 5.74) is 1.30. The topological polar surface area (TPSA) is 146 Å². The van der Waals surface area contributed by atoms with Crippen molar-refractivity contribution in [3.8, 4) is 5.75 Å². The number of benzene rings is 3. The molecule has 1 unspecified atom stereocenters. The number of methoxy groups -OCH3 is 1. The second-order valence-corrected chi connectivity index (χ2v) is 8.16. The van der Waals surface area contributed by atoms with Crippen LogP contribution in [0.15, 0.2) is 78.9 Å². The van der Waals surface area contributed by atoms with E-state index >= 15 is 0 Å². The molecule has 3 rings (SSSR count). The second kappa shape index (κ2) is 13.4. The number of nitrogens with one attached hydrogen (secondary N) is 2. The zero-order valence-electron chi connectivity index (χ0n) is 20.8. The molecule has 0 radical (unpaired) electrons. The Balaban J connectivity index is 1.67. The molecule has 0 aliphatic heterocycles. The van der Waals surface area contributed by atoms with Gasteiger partial charge in [-0.05, 0) is 24.1 Å². The Hall–Kier alpha value is -4.93. The van der Waals surface area contributed by atoms with E-state index in [-0.39, 0.29) is 30.2 Å². The molecule has 0 aromatic heterocycles. The van der Waals surface area contributed by atoms with E-state index in [1.54, 1.807) is 36.4 Å². The number of hydrogen-bond donors (Lipinski definition) is 2. The maximum atomic E-state index is 13.0. The molecule has 0 saturated heterocycles. The van der Waals surface area contributed by atoms with Crippen molar-refractivity contribution in [1.82, 2.24) is 5.32 Å². The van der Waals surface area contributed by atoms with Crippen molar-refractivity contribution in [3.05, 3.63) is 100 Å². The molecule has 0 aliphatic carbocycles. The number of alkyl carbamates (subject to hydrolysis) is 1. The van der Waals surface area contributed by atoms with Crippen molar-refractivity contribution in [2.45, 2.75) is 32.1 Å². The molecular weight excluding hydrogens is 494 g/mol. The van der Waals surface area contributed by atoms with E-state index in [1.165, 1.54) is 26.2 Å². The van der Waals surface area contributed by atoms with Crippen molar-refractivity contribution in [2.24, 2.45) is 0 Å². The van der Waals surface area contributed by atoms with Gasteiger partial charge in [0.2, 0.25) is 0 Å². The highest BCUT2D eigenvalue weighted by Gasteiger charge is 2.28. The number of hydrogen-bond acceptors (Lipinski definition) is 8. The Kier molecular flexibility index (Phi) is 9.75. The molecule has 0 spiro atoms. The van der Waals surface area contributed by atoms with Gasteiger partial charge in [-0.2, -0.15) is 0 Å². The highest BCUT2D eigenvalue weighted by Crippen LogP contribution is 2.29. The predicted molar refractivity (Wildman–Crippen MR) is 138 cm³/mol. The lowest BCUT2D eigenvalue weighted by atomic mass is 10.1. The molecule has 11 nitrogen and oxygen atoms in total. The fraction of sp³-hybridized carbons (Fsp3) is 0.222. The van der Waals surface area contributed by atoms with E-state index in [0.29, 0.717) is 0 Å². The van der Waals surface area contributed by atoms with E-state index in [1.807, 2.05) is 24.3 Å². The van der Waals surface area contributed by atoms with Gasteiger partial charge in [0.1, 0.15) is 18.4 Å². The molecule has 2 N–H and O–H groups in total. The monoisotopic (exact) mass is 521 g/mol. The minimum absolute atomic E-state index is 0.00360. The molecule has 3 aromatic rings. The molecule has 0 saturated carbocycles. The second-order valence-electron chi connectivity index (χ2n) is 8.16. The first-order valence-electron chi connectivity index (χ1n) is 11.6. The smallest absolute Gasteiger partial charge is 0.408 e. The highest BCUT2D eigenvalue weighted by molar-refractivity contribution is 5.97. The average Bonchev–Trinajstić information content (AvgIpc) is 2.92. The summed E-state index contributed by atoms with van der Waals surface area (Å²) in [5.74, 6) is -1.42. The van der Waals surface area contributed by atoms with Crippen LogP contribution in [-0.2, 0) is 32.1 Å². The molecule has 0 aliphatic rings. The van der Waals surface area contributed by atoms with Gasteiger partial charge in [-0.15, -0.1) is 0 Å². The SMILES string of the molecule is COc1ccc([N+](=O)[O-])cc1NC(=O)C(C)OC(=O)[C@H](Cc1ccccc1)NC(=O)OCc1ccccc1. The van der Waals surface area contributed by atoms with Crippen LogP contribution in [0.1, 0.15) is 18.1 Å². The molecule has 0 fully saturated rings. The molecule has 2 atom stereocenters. The quantitative estimate of drug-likeness (QED) is 0.219. The maximum Gasteiger partial charge on any atom is 0.408 e. The summed E-state index contributed by atoms with van der Waals surface area (Å²) in [6.45, 7) is 1.34. The van der Waals surface area contributed by atoms with Gasteiger partial charge in [0.25, 0.3) is 11.6 Å². The Morgan fingerprint density at radius 1 is 0.947 bits per heavy atom. The van der Waals surface area contributed by atoms with Crippen LogP contribution in [0.5, 0.6) is 5.75 Å². The van der Waals surface area contributed by atoms with Gasteiger partial charge in [0.05, 0.1) is 17.7 Å². The minimum atomic E-state index is -1.30. The third kappa shape index (κ3) is 8.05. The number of ether oxygens (including phenoxy) is 3. The number of nitro groups is 1. The zero-order chi connectivity index (χ0) is 27.5. The summed E-state index contributed by atoms with van der Waals surface area (Å²) in [7, 11) is 1.34. The number of rotatable bonds is 11. The number of carbonyl (C=O) groups excluding carboxylic acids is 3. The van der Waals surface area contributed by atoms with Crippen molar-refractivity contribution < 1.29 is 33.5 Å². The van der Waals surface area contributed by atoms with E-state index in [9.17, 15) is 24.5 Å². The number of esters is 1. The molecule has 0 heterocycles. The number of amides is 2. The van der Waals surface area contributed by atoms with Crippen LogP contribution in [0.4, 0.5) is 16.2 Å². The number of carbonyl (C=O) groups is 3. The molecular formula is C27H27N3O8. The lowest BCUT2D eigenvalue weighted by molar-refractivity contribution is -0.384. The summed E-state index contributed by atoms with van der Waals surface area (Å²) in [6, 6.07) is 20.5. The van der Waals surface area contributed by atoms with Crippen LogP contribution in [0.3, 0.4) is 0 Å². The first-order valence-corrected chi connectivity index (χ1v) is 11.6. The Morgan fingerprint density at radius 2 is 1.58 bits per heavy atom.